The molecule has 0 aromatic heterocycles. The van der Waals surface area contributed by atoms with Crippen LogP contribution in [0.15, 0.2) is 48.5 Å². The highest BCUT2D eigenvalue weighted by molar-refractivity contribution is 5.92. The van der Waals surface area contributed by atoms with E-state index in [1.54, 1.807) is 0 Å². The van der Waals surface area contributed by atoms with E-state index >= 15 is 0 Å². The van der Waals surface area contributed by atoms with Gasteiger partial charge >= 0.3 is 12.4 Å². The summed E-state index contributed by atoms with van der Waals surface area (Å²) in [6.07, 6.45) is -5.63. The first-order valence-corrected chi connectivity index (χ1v) is 9.42. The molecule has 0 N–H and O–H groups in total. The molecule has 0 saturated carbocycles. The number of ether oxygens (including phenoxy) is 1. The summed E-state index contributed by atoms with van der Waals surface area (Å²) in [5.74, 6) is -0.265. The fourth-order valence-corrected chi connectivity index (χ4v) is 3.61. The molecule has 0 aliphatic carbocycles. The maximum Gasteiger partial charge on any atom is 0.416 e. The number of hydrogen-bond acceptors (Lipinski definition) is 2. The quantitative estimate of drug-likeness (QED) is 0.422. The molecule has 166 valence electrons. The number of carbonyl (C=O) groups is 1. The molecule has 0 spiro atoms. The third-order valence-corrected chi connectivity index (χ3v) is 5.08. The van der Waals surface area contributed by atoms with Crippen molar-refractivity contribution in [3.63, 3.8) is 0 Å². The van der Waals surface area contributed by atoms with E-state index in [0.717, 1.165) is 30.3 Å². The fourth-order valence-electron chi connectivity index (χ4n) is 3.61. The predicted octanol–water partition coefficient (Wildman–Crippen LogP) is 6.11. The molecular weight excluding hydrogens is 424 g/mol. The van der Waals surface area contributed by atoms with Gasteiger partial charge in [0.05, 0.1) is 24.3 Å². The first-order chi connectivity index (χ1) is 14.5. The first-order valence-electron chi connectivity index (χ1n) is 9.42. The van der Waals surface area contributed by atoms with Gasteiger partial charge in [-0.2, -0.15) is 26.3 Å². The Bertz CT molecular complexity index is 981. The molecular formula is C22H19F6NO2. The van der Waals surface area contributed by atoms with Crippen LogP contribution in [0.4, 0.5) is 26.3 Å². The van der Waals surface area contributed by atoms with Crippen LogP contribution >= 0.6 is 0 Å². The third kappa shape index (κ3) is 5.21. The molecule has 0 radical (unpaired) electrons. The zero-order valence-corrected chi connectivity index (χ0v) is 16.4. The molecule has 3 rings (SSSR count). The van der Waals surface area contributed by atoms with Gasteiger partial charge in [-0.25, -0.2) is 0 Å². The molecule has 1 atom stereocenters. The van der Waals surface area contributed by atoms with Crippen LogP contribution in [0.25, 0.3) is 6.08 Å². The van der Waals surface area contributed by atoms with E-state index in [1.807, 2.05) is 0 Å². The molecule has 1 aliphatic rings. The maximum atomic E-state index is 13.2. The Labute approximate surface area is 174 Å². The molecule has 1 saturated heterocycles. The molecule has 1 amide bonds. The Morgan fingerprint density at radius 2 is 1.71 bits per heavy atom. The second-order valence-corrected chi connectivity index (χ2v) is 7.10. The Morgan fingerprint density at radius 3 is 2.35 bits per heavy atom. The zero-order valence-electron chi connectivity index (χ0n) is 16.4. The van der Waals surface area contributed by atoms with Crippen molar-refractivity contribution in [2.24, 2.45) is 0 Å². The van der Waals surface area contributed by atoms with Crippen molar-refractivity contribution in [1.82, 2.24) is 4.90 Å². The van der Waals surface area contributed by atoms with Crippen LogP contribution in [0.3, 0.4) is 0 Å². The molecule has 3 nitrogen and oxygen atoms in total. The van der Waals surface area contributed by atoms with Gasteiger partial charge in [0.25, 0.3) is 0 Å². The van der Waals surface area contributed by atoms with Crippen LogP contribution in [-0.2, 0) is 17.1 Å². The van der Waals surface area contributed by atoms with Gasteiger partial charge in [-0.05, 0) is 54.8 Å². The molecule has 1 unspecified atom stereocenters. The van der Waals surface area contributed by atoms with Crippen molar-refractivity contribution < 1.29 is 35.9 Å². The van der Waals surface area contributed by atoms with E-state index in [4.69, 9.17) is 4.74 Å². The van der Waals surface area contributed by atoms with Crippen molar-refractivity contribution in [1.29, 1.82) is 0 Å². The van der Waals surface area contributed by atoms with Gasteiger partial charge in [-0.1, -0.05) is 12.1 Å². The van der Waals surface area contributed by atoms with Crippen molar-refractivity contribution in [2.75, 3.05) is 13.7 Å². The molecule has 0 bridgehead atoms. The molecule has 1 heterocycles. The van der Waals surface area contributed by atoms with Crippen molar-refractivity contribution in [3.05, 3.63) is 70.8 Å². The van der Waals surface area contributed by atoms with Gasteiger partial charge in [0.2, 0.25) is 5.91 Å². The van der Waals surface area contributed by atoms with Crippen molar-refractivity contribution in [3.8, 4) is 5.75 Å². The normalized spacial score (nSPS) is 17.4. The highest BCUT2D eigenvalue weighted by Gasteiger charge is 2.35. The monoisotopic (exact) mass is 443 g/mol. The minimum absolute atomic E-state index is 0.190. The summed E-state index contributed by atoms with van der Waals surface area (Å²) >= 11 is 0. The molecule has 1 aliphatic heterocycles. The van der Waals surface area contributed by atoms with E-state index in [0.29, 0.717) is 19.4 Å². The van der Waals surface area contributed by atoms with E-state index < -0.39 is 35.4 Å². The number of likely N-dealkylation sites (tertiary alicyclic amines) is 1. The number of hydrogen-bond donors (Lipinski definition) is 0. The van der Waals surface area contributed by atoms with Gasteiger partial charge in [-0.15, -0.1) is 0 Å². The number of rotatable bonds is 4. The van der Waals surface area contributed by atoms with Crippen LogP contribution in [0.5, 0.6) is 5.75 Å². The molecule has 2 aromatic rings. The maximum absolute atomic E-state index is 13.2. The van der Waals surface area contributed by atoms with Gasteiger partial charge in [0, 0.05) is 18.2 Å². The Balaban J connectivity index is 1.86. The summed E-state index contributed by atoms with van der Waals surface area (Å²) in [5, 5.41) is 0. The highest BCUT2D eigenvalue weighted by Crippen LogP contribution is 2.40. The molecule has 1 fully saturated rings. The third-order valence-electron chi connectivity index (χ3n) is 5.08. The lowest BCUT2D eigenvalue weighted by Crippen LogP contribution is -2.29. The summed E-state index contributed by atoms with van der Waals surface area (Å²) < 4.78 is 83.2. The number of benzene rings is 2. The fraction of sp³-hybridized carbons (Fsp3) is 0.318. The summed E-state index contributed by atoms with van der Waals surface area (Å²) in [4.78, 5) is 14.1. The lowest BCUT2D eigenvalue weighted by atomic mass is 10.00. The second kappa shape index (κ2) is 8.64. The first kappa shape index (κ1) is 22.7. The lowest BCUT2D eigenvalue weighted by Gasteiger charge is -2.26. The minimum atomic E-state index is -4.54. The second-order valence-electron chi connectivity index (χ2n) is 7.10. The summed E-state index contributed by atoms with van der Waals surface area (Å²) in [6.45, 7) is 0.315. The summed E-state index contributed by atoms with van der Waals surface area (Å²) in [6, 6.07) is 6.99. The molecule has 2 aromatic carbocycles. The van der Waals surface area contributed by atoms with Crippen LogP contribution in [-0.4, -0.2) is 24.5 Å². The SMILES string of the molecule is COc1ccc(C(F)(F)F)cc1C1CCCN1C(=O)/C=C/c1cccc(C(F)(F)F)c1. The number of amides is 1. The van der Waals surface area contributed by atoms with E-state index in [1.165, 1.54) is 36.3 Å². The van der Waals surface area contributed by atoms with E-state index in [-0.39, 0.29) is 16.9 Å². The molecule has 31 heavy (non-hydrogen) atoms. The Morgan fingerprint density at radius 1 is 1.03 bits per heavy atom. The summed E-state index contributed by atoms with van der Waals surface area (Å²) in [7, 11) is 1.33. The highest BCUT2D eigenvalue weighted by atomic mass is 19.4. The number of nitrogens with zero attached hydrogens (tertiary/aromatic N) is 1. The predicted molar refractivity (Wildman–Crippen MR) is 102 cm³/mol. The zero-order chi connectivity index (χ0) is 22.8. The average molecular weight is 443 g/mol. The van der Waals surface area contributed by atoms with Gasteiger partial charge < -0.3 is 9.64 Å². The average Bonchev–Trinajstić information content (AvgIpc) is 3.20. The number of halogens is 6. The number of carbonyl (C=O) groups excluding carboxylic acids is 1. The topological polar surface area (TPSA) is 29.5 Å². The van der Waals surface area contributed by atoms with Crippen LogP contribution < -0.4 is 4.74 Å². The number of alkyl halides is 6. The van der Waals surface area contributed by atoms with Gasteiger partial charge in [0.1, 0.15) is 5.75 Å². The van der Waals surface area contributed by atoms with Crippen LogP contribution in [0, 0.1) is 0 Å². The largest absolute Gasteiger partial charge is 0.496 e. The lowest BCUT2D eigenvalue weighted by molar-refractivity contribution is -0.138. The minimum Gasteiger partial charge on any atom is -0.496 e. The van der Waals surface area contributed by atoms with E-state index in [2.05, 4.69) is 0 Å². The van der Waals surface area contributed by atoms with Crippen LogP contribution in [0.1, 0.15) is 41.1 Å². The smallest absolute Gasteiger partial charge is 0.416 e. The van der Waals surface area contributed by atoms with Crippen molar-refractivity contribution in [2.45, 2.75) is 31.2 Å². The van der Waals surface area contributed by atoms with E-state index in [9.17, 15) is 31.1 Å². The van der Waals surface area contributed by atoms with Crippen LogP contribution in [0.2, 0.25) is 0 Å². The Hall–Kier alpha value is -2.97. The summed E-state index contributed by atoms with van der Waals surface area (Å²) in [5.41, 5.74) is -1.25. The Kier molecular flexibility index (Phi) is 6.33. The van der Waals surface area contributed by atoms with Crippen molar-refractivity contribution >= 4 is 12.0 Å². The standard InChI is InChI=1S/C22H19F6NO2/c1-31-19-9-8-16(22(26,27)28)13-17(19)18-6-3-11-29(18)20(30)10-7-14-4-2-5-15(12-14)21(23,24)25/h2,4-5,7-10,12-13,18H,3,6,11H2,1H3/b10-7+. The molecule has 9 heteroatoms. The number of methoxy groups -OCH3 is 1. The van der Waals surface area contributed by atoms with Gasteiger partial charge in [-0.3, -0.25) is 4.79 Å². The van der Waals surface area contributed by atoms with Gasteiger partial charge in [0.15, 0.2) is 0 Å².